The number of carbonyl (C=O) groups excluding carboxylic acids is 1. The molecule has 154 valence electrons. The van der Waals surface area contributed by atoms with Crippen molar-refractivity contribution in [3.63, 3.8) is 0 Å². The molecule has 2 heterocycles. The van der Waals surface area contributed by atoms with E-state index in [9.17, 15) is 19.8 Å². The number of carboxylic acid groups (broad SMARTS) is 1. The average Bonchev–Trinajstić information content (AvgIpc) is 2.67. The molecule has 8 heteroatoms. The summed E-state index contributed by atoms with van der Waals surface area (Å²) in [6, 6.07) is 3.46. The van der Waals surface area contributed by atoms with Crippen molar-refractivity contribution in [1.29, 1.82) is 0 Å². The highest BCUT2D eigenvalue weighted by atomic mass is 16.5. The molecule has 1 atom stereocenters. The number of ether oxygens (including phenoxy) is 2. The van der Waals surface area contributed by atoms with Crippen LogP contribution in [0.5, 0.6) is 11.5 Å². The molecular formula is C20H28N2O6. The first-order chi connectivity index (χ1) is 13.3. The maximum atomic E-state index is 12.7. The molecule has 2 N–H and O–H groups in total. The average molecular weight is 392 g/mol. The van der Waals surface area contributed by atoms with Crippen LogP contribution in [0.3, 0.4) is 0 Å². The van der Waals surface area contributed by atoms with Crippen LogP contribution in [0.2, 0.25) is 0 Å². The molecule has 1 spiro atoms. The van der Waals surface area contributed by atoms with E-state index in [1.165, 1.54) is 14.2 Å². The number of likely N-dealkylation sites (tertiary alicyclic amines) is 2. The van der Waals surface area contributed by atoms with Crippen LogP contribution in [-0.2, 0) is 11.3 Å². The molecular weight excluding hydrogens is 364 g/mol. The molecule has 2 saturated heterocycles. The second-order valence-electron chi connectivity index (χ2n) is 7.74. The summed E-state index contributed by atoms with van der Waals surface area (Å²) in [6.45, 7) is 2.17. The van der Waals surface area contributed by atoms with Gasteiger partial charge in [0.2, 0.25) is 5.91 Å². The molecule has 1 aromatic rings. The summed E-state index contributed by atoms with van der Waals surface area (Å²) in [6.07, 6.45) is 1.32. The number of carboxylic acids is 1. The van der Waals surface area contributed by atoms with Crippen LogP contribution in [-0.4, -0.2) is 78.9 Å². The van der Waals surface area contributed by atoms with Crippen LogP contribution < -0.4 is 9.47 Å². The summed E-state index contributed by atoms with van der Waals surface area (Å²) in [5, 5.41) is 19.8. The molecule has 0 aromatic heterocycles. The van der Waals surface area contributed by atoms with Crippen molar-refractivity contribution in [2.45, 2.75) is 31.9 Å². The number of carbonyl (C=O) groups is 2. The quantitative estimate of drug-likeness (QED) is 0.777. The van der Waals surface area contributed by atoms with E-state index in [2.05, 4.69) is 4.90 Å². The van der Waals surface area contributed by atoms with Crippen LogP contribution in [0.4, 0.5) is 0 Å². The largest absolute Gasteiger partial charge is 0.493 e. The number of aliphatic hydroxyl groups is 1. The Labute approximate surface area is 164 Å². The second-order valence-corrected chi connectivity index (χ2v) is 7.74. The number of benzene rings is 1. The number of methoxy groups -OCH3 is 2. The monoisotopic (exact) mass is 392 g/mol. The number of aliphatic hydroxyl groups excluding tert-OH is 1. The Morgan fingerprint density at radius 3 is 2.50 bits per heavy atom. The molecule has 0 aliphatic carbocycles. The Kier molecular flexibility index (Phi) is 5.81. The van der Waals surface area contributed by atoms with E-state index in [-0.39, 0.29) is 17.2 Å². The number of β-amino-alcohol motifs (C(OH)–C–C–N with tert-alkyl or cyclic N) is 1. The smallest absolute Gasteiger partial charge is 0.339 e. The van der Waals surface area contributed by atoms with E-state index in [1.54, 1.807) is 24.1 Å². The normalized spacial score (nSPS) is 22.4. The van der Waals surface area contributed by atoms with Gasteiger partial charge >= 0.3 is 5.97 Å². The van der Waals surface area contributed by atoms with Crippen molar-refractivity contribution >= 4 is 11.9 Å². The van der Waals surface area contributed by atoms with Gasteiger partial charge in [-0.2, -0.15) is 0 Å². The van der Waals surface area contributed by atoms with Gasteiger partial charge in [0.25, 0.3) is 0 Å². The minimum atomic E-state index is -1.06. The molecule has 0 radical (unpaired) electrons. The third kappa shape index (κ3) is 3.66. The summed E-state index contributed by atoms with van der Waals surface area (Å²) >= 11 is 0. The lowest BCUT2D eigenvalue weighted by Crippen LogP contribution is -2.56. The Morgan fingerprint density at radius 1 is 1.25 bits per heavy atom. The second kappa shape index (κ2) is 7.97. The molecule has 2 aliphatic heterocycles. The predicted octanol–water partition coefficient (Wildman–Crippen LogP) is 1.21. The third-order valence-corrected chi connectivity index (χ3v) is 5.96. The molecule has 2 aliphatic rings. The van der Waals surface area contributed by atoms with Gasteiger partial charge in [-0.25, -0.2) is 4.79 Å². The Hall–Kier alpha value is -2.32. The first-order valence-electron chi connectivity index (χ1n) is 9.44. The topological polar surface area (TPSA) is 99.5 Å². The fraction of sp³-hybridized carbons (Fsp3) is 0.600. The van der Waals surface area contributed by atoms with Crippen molar-refractivity contribution in [3.05, 3.63) is 23.3 Å². The Morgan fingerprint density at radius 2 is 1.93 bits per heavy atom. The molecule has 8 nitrogen and oxygen atoms in total. The van der Waals surface area contributed by atoms with Gasteiger partial charge < -0.3 is 24.6 Å². The zero-order valence-corrected chi connectivity index (χ0v) is 16.6. The molecule has 3 rings (SSSR count). The lowest BCUT2D eigenvalue weighted by molar-refractivity contribution is -0.154. The van der Waals surface area contributed by atoms with E-state index in [4.69, 9.17) is 9.47 Å². The maximum Gasteiger partial charge on any atom is 0.339 e. The lowest BCUT2D eigenvalue weighted by Gasteiger charge is -2.47. The van der Waals surface area contributed by atoms with Crippen molar-refractivity contribution < 1.29 is 29.3 Å². The number of rotatable bonds is 5. The van der Waals surface area contributed by atoms with Crippen LogP contribution in [0.15, 0.2) is 12.1 Å². The van der Waals surface area contributed by atoms with E-state index >= 15 is 0 Å². The van der Waals surface area contributed by atoms with Crippen LogP contribution in [0.1, 0.15) is 35.2 Å². The molecule has 2 fully saturated rings. The van der Waals surface area contributed by atoms with E-state index in [1.807, 2.05) is 0 Å². The van der Waals surface area contributed by atoms with E-state index < -0.39 is 17.5 Å². The highest BCUT2D eigenvalue weighted by molar-refractivity contribution is 5.94. The molecule has 0 bridgehead atoms. The maximum absolute atomic E-state index is 12.7. The molecule has 0 saturated carbocycles. The summed E-state index contributed by atoms with van der Waals surface area (Å²) in [5.74, 6) is -0.361. The first-order valence-corrected chi connectivity index (χ1v) is 9.44. The first kappa shape index (κ1) is 20.4. The molecule has 1 unspecified atom stereocenters. The fourth-order valence-electron chi connectivity index (χ4n) is 4.54. The SMILES string of the molecule is COc1ccc(CN2CCC3(CC2)CC(O)CN(C)C3=O)c(C(=O)O)c1OC. The summed E-state index contributed by atoms with van der Waals surface area (Å²) in [7, 11) is 4.64. The minimum Gasteiger partial charge on any atom is -0.493 e. The van der Waals surface area contributed by atoms with Gasteiger partial charge in [0.05, 0.1) is 25.7 Å². The highest BCUT2D eigenvalue weighted by Gasteiger charge is 2.47. The van der Waals surface area contributed by atoms with Gasteiger partial charge in [-0.05, 0) is 44.0 Å². The number of likely N-dealkylation sites (N-methyl/N-ethyl adjacent to an activating group) is 1. The number of nitrogens with zero attached hydrogens (tertiary/aromatic N) is 2. The van der Waals surface area contributed by atoms with E-state index in [0.717, 1.165) is 0 Å². The molecule has 28 heavy (non-hydrogen) atoms. The number of aromatic carboxylic acids is 1. The van der Waals surface area contributed by atoms with Crippen LogP contribution in [0, 0.1) is 5.41 Å². The third-order valence-electron chi connectivity index (χ3n) is 5.96. The van der Waals surface area contributed by atoms with Crippen molar-refractivity contribution in [2.24, 2.45) is 5.41 Å². The zero-order chi connectivity index (χ0) is 20.5. The van der Waals surface area contributed by atoms with Gasteiger partial charge in [0.15, 0.2) is 11.5 Å². The lowest BCUT2D eigenvalue weighted by atomic mass is 9.71. The van der Waals surface area contributed by atoms with Crippen LogP contribution in [0.25, 0.3) is 0 Å². The van der Waals surface area contributed by atoms with Crippen molar-refractivity contribution in [1.82, 2.24) is 9.80 Å². The van der Waals surface area contributed by atoms with Gasteiger partial charge in [0, 0.05) is 20.1 Å². The van der Waals surface area contributed by atoms with Crippen LogP contribution >= 0.6 is 0 Å². The number of amides is 1. The predicted molar refractivity (Wildman–Crippen MR) is 102 cm³/mol. The standard InChI is InChI=1S/C20H28N2O6/c1-21-12-14(23)10-20(19(21)26)6-8-22(9-7-20)11-13-4-5-15(27-2)17(28-3)16(13)18(24)25/h4-5,14,23H,6-12H2,1-3H3,(H,24,25). The van der Waals surface area contributed by atoms with Crippen molar-refractivity contribution in [3.8, 4) is 11.5 Å². The van der Waals surface area contributed by atoms with Gasteiger partial charge in [-0.1, -0.05) is 6.07 Å². The summed E-state index contributed by atoms with van der Waals surface area (Å²) in [4.78, 5) is 28.3. The summed E-state index contributed by atoms with van der Waals surface area (Å²) in [5.41, 5.74) is 0.245. The van der Waals surface area contributed by atoms with Crippen molar-refractivity contribution in [2.75, 3.05) is 40.9 Å². The van der Waals surface area contributed by atoms with Gasteiger partial charge in [-0.15, -0.1) is 0 Å². The fourth-order valence-corrected chi connectivity index (χ4v) is 4.54. The minimum absolute atomic E-state index is 0.103. The van der Waals surface area contributed by atoms with Gasteiger partial charge in [0.1, 0.15) is 5.56 Å². The Balaban J connectivity index is 1.76. The Bertz CT molecular complexity index is 757. The molecule has 1 aromatic carbocycles. The highest BCUT2D eigenvalue weighted by Crippen LogP contribution is 2.41. The van der Waals surface area contributed by atoms with E-state index in [0.29, 0.717) is 56.8 Å². The number of piperidine rings is 2. The number of hydrogen-bond donors (Lipinski definition) is 2. The summed E-state index contributed by atoms with van der Waals surface area (Å²) < 4.78 is 10.5. The molecule has 1 amide bonds. The van der Waals surface area contributed by atoms with Gasteiger partial charge in [-0.3, -0.25) is 9.69 Å². The number of hydrogen-bond acceptors (Lipinski definition) is 6. The zero-order valence-electron chi connectivity index (χ0n) is 16.6.